The van der Waals surface area contributed by atoms with E-state index in [4.69, 9.17) is 14.2 Å². The highest BCUT2D eigenvalue weighted by Gasteiger charge is 2.82. The first kappa shape index (κ1) is 30.3. The lowest BCUT2D eigenvalue weighted by Crippen LogP contribution is -2.87. The largest absolute Gasteiger partial charge is 0.455 e. The Morgan fingerprint density at radius 2 is 1.76 bits per heavy atom. The monoisotopic (exact) mass is 535 g/mol. The third-order valence-corrected chi connectivity index (χ3v) is 9.51. The van der Waals surface area contributed by atoms with E-state index < -0.39 is 69.7 Å². The molecule has 1 amide bonds. The van der Waals surface area contributed by atoms with Gasteiger partial charge in [0.1, 0.15) is 11.7 Å². The van der Waals surface area contributed by atoms with Gasteiger partial charge in [-0.3, -0.25) is 4.79 Å². The minimum atomic E-state index is -2.28. The number of hydrogen-bond donors (Lipinski definition) is 2. The summed E-state index contributed by atoms with van der Waals surface area (Å²) < 4.78 is 18.7. The number of amides is 1. The quantitative estimate of drug-likeness (QED) is 0.301. The molecule has 3 rings (SSSR count). The highest BCUT2D eigenvalue weighted by atomic mass is 16.6. The third kappa shape index (κ3) is 4.21. The summed E-state index contributed by atoms with van der Waals surface area (Å²) in [5.41, 5.74) is -7.49. The van der Waals surface area contributed by atoms with E-state index in [0.29, 0.717) is 25.9 Å². The van der Waals surface area contributed by atoms with E-state index in [9.17, 15) is 24.6 Å². The van der Waals surface area contributed by atoms with E-state index in [2.05, 4.69) is 6.58 Å². The summed E-state index contributed by atoms with van der Waals surface area (Å²) in [6, 6.07) is 0. The molecule has 2 saturated carbocycles. The van der Waals surface area contributed by atoms with Gasteiger partial charge in [-0.1, -0.05) is 32.9 Å². The van der Waals surface area contributed by atoms with Gasteiger partial charge in [0.15, 0.2) is 17.5 Å². The molecular weight excluding hydrogens is 490 g/mol. The lowest BCUT2D eigenvalue weighted by Gasteiger charge is -2.71. The normalized spacial score (nSPS) is 42.1. The minimum absolute atomic E-state index is 0.183. The Morgan fingerprint density at radius 3 is 2.29 bits per heavy atom. The molecule has 9 nitrogen and oxygen atoms in total. The molecule has 1 saturated heterocycles. The van der Waals surface area contributed by atoms with E-state index in [1.165, 1.54) is 30.1 Å². The lowest BCUT2D eigenvalue weighted by atomic mass is 9.39. The molecule has 0 radical (unpaired) electrons. The van der Waals surface area contributed by atoms with Crippen molar-refractivity contribution in [3.63, 3.8) is 0 Å². The van der Waals surface area contributed by atoms with Gasteiger partial charge in [0, 0.05) is 36.9 Å². The zero-order valence-electron chi connectivity index (χ0n) is 24.1. The number of esters is 1. The number of nitrogens with zero attached hydrogens (tertiary/aromatic N) is 1. The van der Waals surface area contributed by atoms with Gasteiger partial charge in [-0.15, -0.1) is 6.58 Å². The molecule has 214 valence electrons. The van der Waals surface area contributed by atoms with Gasteiger partial charge in [-0.05, 0) is 52.9 Å². The number of Topliss-reactive ketones (excluding diaryl/α,β-unsaturated/α-hetero) is 1. The van der Waals surface area contributed by atoms with Crippen molar-refractivity contribution in [1.29, 1.82) is 0 Å². The van der Waals surface area contributed by atoms with E-state index >= 15 is 0 Å². The van der Waals surface area contributed by atoms with Crippen LogP contribution in [0.25, 0.3) is 0 Å². The van der Waals surface area contributed by atoms with Crippen molar-refractivity contribution in [2.75, 3.05) is 13.1 Å². The van der Waals surface area contributed by atoms with Gasteiger partial charge in [0.2, 0.25) is 0 Å². The van der Waals surface area contributed by atoms with Gasteiger partial charge in [0.25, 0.3) is 0 Å². The molecule has 0 aromatic heterocycles. The van der Waals surface area contributed by atoms with Crippen LogP contribution in [0.5, 0.6) is 0 Å². The van der Waals surface area contributed by atoms with Crippen LogP contribution in [-0.2, 0) is 23.8 Å². The standard InChI is InChI=1S/C29H45NO8/c1-10-14-20(33)36-21-22-25(5,6)16-15-18(31)27(22,8)29(35)19(32)17-26(7,11-2)38-28(29,9)23(21)37-24(34)30(12-3)13-4/h10-11,14,18,21-23,31,35H,2,12-13,15-17H2,1,3-9H3/b14-10+/t18-,21-,22-,23-,26-,27-,28+,29-/m0/s1. The Hall–Kier alpha value is -2.23. The maximum absolute atomic E-state index is 14.1. The molecule has 3 aliphatic rings. The van der Waals surface area contributed by atoms with Crippen molar-refractivity contribution < 1.29 is 38.8 Å². The van der Waals surface area contributed by atoms with Gasteiger partial charge in [-0.2, -0.15) is 0 Å². The number of fused-ring (bicyclic) bond motifs is 3. The molecule has 38 heavy (non-hydrogen) atoms. The second-order valence-corrected chi connectivity index (χ2v) is 12.2. The molecule has 1 heterocycles. The predicted octanol–water partition coefficient (Wildman–Crippen LogP) is 3.56. The fourth-order valence-corrected chi connectivity index (χ4v) is 7.54. The average molecular weight is 536 g/mol. The molecule has 0 aromatic carbocycles. The molecule has 0 bridgehead atoms. The summed E-state index contributed by atoms with van der Waals surface area (Å²) in [5, 5.41) is 24.2. The molecule has 0 spiro atoms. The number of rotatable bonds is 6. The number of ketones is 1. The first-order valence-corrected chi connectivity index (χ1v) is 13.6. The predicted molar refractivity (Wildman–Crippen MR) is 141 cm³/mol. The highest BCUT2D eigenvalue weighted by Crippen LogP contribution is 2.67. The van der Waals surface area contributed by atoms with Gasteiger partial charge >= 0.3 is 12.1 Å². The topological polar surface area (TPSA) is 123 Å². The van der Waals surface area contributed by atoms with Crippen molar-refractivity contribution in [3.8, 4) is 0 Å². The Kier molecular flexibility index (Phi) is 8.03. The summed E-state index contributed by atoms with van der Waals surface area (Å²) in [4.78, 5) is 41.9. The zero-order valence-corrected chi connectivity index (χ0v) is 24.1. The van der Waals surface area contributed by atoms with Crippen LogP contribution in [0.1, 0.15) is 74.7 Å². The molecule has 8 atom stereocenters. The van der Waals surface area contributed by atoms with Crippen LogP contribution in [0.15, 0.2) is 24.8 Å². The molecule has 2 N–H and O–H groups in total. The number of carbonyl (C=O) groups is 3. The van der Waals surface area contributed by atoms with Crippen molar-refractivity contribution in [2.45, 2.75) is 110 Å². The van der Waals surface area contributed by atoms with E-state index in [0.717, 1.165) is 0 Å². The Labute approximate surface area is 226 Å². The fourth-order valence-electron chi connectivity index (χ4n) is 7.54. The zero-order chi connectivity index (χ0) is 28.9. The van der Waals surface area contributed by atoms with Crippen molar-refractivity contribution in [1.82, 2.24) is 4.90 Å². The number of aliphatic hydroxyl groups excluding tert-OH is 1. The first-order valence-electron chi connectivity index (χ1n) is 13.6. The van der Waals surface area contributed by atoms with E-state index in [-0.39, 0.29) is 6.42 Å². The van der Waals surface area contributed by atoms with Crippen molar-refractivity contribution in [3.05, 3.63) is 24.8 Å². The fraction of sp³-hybridized carbons (Fsp3) is 0.759. The smallest absolute Gasteiger partial charge is 0.410 e. The molecular formula is C29H45NO8. The third-order valence-electron chi connectivity index (χ3n) is 9.51. The summed E-state index contributed by atoms with van der Waals surface area (Å²) in [7, 11) is 0. The van der Waals surface area contributed by atoms with E-state index in [1.54, 1.807) is 34.6 Å². The summed E-state index contributed by atoms with van der Waals surface area (Å²) >= 11 is 0. The van der Waals surface area contributed by atoms with Crippen LogP contribution in [0.2, 0.25) is 0 Å². The number of aliphatic hydroxyl groups is 2. The highest BCUT2D eigenvalue weighted by molar-refractivity contribution is 5.92. The molecule has 3 fully saturated rings. The minimum Gasteiger partial charge on any atom is -0.455 e. The van der Waals surface area contributed by atoms with Crippen LogP contribution >= 0.6 is 0 Å². The molecule has 0 aromatic rings. The maximum atomic E-state index is 14.1. The number of allylic oxidation sites excluding steroid dienone is 1. The first-order chi connectivity index (χ1) is 17.5. The van der Waals surface area contributed by atoms with Crippen molar-refractivity contribution >= 4 is 17.8 Å². The SMILES string of the molecule is C=C[C@@]1(C)CC(=O)[C@]2(O)[C@@]3(C)[C@@H](O)CCC(C)(C)[C@@H]3[C@H](OC(=O)/C=C/C)[C@H](OC(=O)N(CC)CC)[C@@]2(C)O1. The van der Waals surface area contributed by atoms with Crippen LogP contribution in [0.4, 0.5) is 4.79 Å². The van der Waals surface area contributed by atoms with Gasteiger partial charge in [-0.25, -0.2) is 9.59 Å². The number of ether oxygens (including phenoxy) is 3. The van der Waals surface area contributed by atoms with Crippen molar-refractivity contribution in [2.24, 2.45) is 16.7 Å². The second kappa shape index (κ2) is 10.1. The Morgan fingerprint density at radius 1 is 1.16 bits per heavy atom. The van der Waals surface area contributed by atoms with Crippen LogP contribution < -0.4 is 0 Å². The van der Waals surface area contributed by atoms with Crippen LogP contribution in [0.3, 0.4) is 0 Å². The van der Waals surface area contributed by atoms with Crippen LogP contribution in [0, 0.1) is 16.7 Å². The van der Waals surface area contributed by atoms with Gasteiger partial charge < -0.3 is 29.3 Å². The molecule has 0 unspecified atom stereocenters. The second-order valence-electron chi connectivity index (χ2n) is 12.2. The number of carbonyl (C=O) groups excluding carboxylic acids is 3. The molecule has 1 aliphatic heterocycles. The Bertz CT molecular complexity index is 1000. The average Bonchev–Trinajstić information content (AvgIpc) is 2.83. The lowest BCUT2D eigenvalue weighted by molar-refractivity contribution is -0.369. The number of hydrogen-bond acceptors (Lipinski definition) is 8. The molecule has 9 heteroatoms. The summed E-state index contributed by atoms with van der Waals surface area (Å²) in [5.74, 6) is -1.97. The maximum Gasteiger partial charge on any atom is 0.410 e. The van der Waals surface area contributed by atoms with Gasteiger partial charge in [0.05, 0.1) is 11.7 Å². The Balaban J connectivity index is 2.37. The summed E-state index contributed by atoms with van der Waals surface area (Å²) in [6.07, 6.45) is 0.640. The summed E-state index contributed by atoms with van der Waals surface area (Å²) in [6.45, 7) is 18.6. The van der Waals surface area contributed by atoms with Crippen LogP contribution in [-0.4, -0.2) is 81.2 Å². The van der Waals surface area contributed by atoms with E-state index in [1.807, 2.05) is 13.8 Å². The molecule has 2 aliphatic carbocycles.